The Balaban J connectivity index is 1.77. The zero-order chi connectivity index (χ0) is 26.4. The number of aryl methyl sites for hydroxylation is 1. The molecule has 0 unspecified atom stereocenters. The number of benzene rings is 2. The number of aromatic nitrogens is 1. The summed E-state index contributed by atoms with van der Waals surface area (Å²) >= 11 is 4.77. The molecule has 0 spiro atoms. The van der Waals surface area contributed by atoms with Gasteiger partial charge in [0.05, 0.1) is 28.3 Å². The first-order valence-corrected chi connectivity index (χ1v) is 12.6. The molecule has 10 heteroatoms. The molecule has 0 aliphatic carbocycles. The van der Waals surface area contributed by atoms with Crippen LogP contribution in [0.25, 0.3) is 6.08 Å². The Labute approximate surface area is 221 Å². The number of amides is 2. The van der Waals surface area contributed by atoms with E-state index in [1.165, 1.54) is 36.6 Å². The van der Waals surface area contributed by atoms with Crippen molar-refractivity contribution in [1.82, 2.24) is 15.6 Å². The third kappa shape index (κ3) is 6.79. The van der Waals surface area contributed by atoms with Gasteiger partial charge in [0, 0.05) is 16.6 Å². The maximum Gasteiger partial charge on any atom is 0.354 e. The molecule has 188 valence electrons. The average Bonchev–Trinajstić information content (AvgIpc) is 3.21. The minimum atomic E-state index is -0.692. The Morgan fingerprint density at radius 3 is 2.56 bits per heavy atom. The summed E-state index contributed by atoms with van der Waals surface area (Å²) in [5.74, 6) is -1.33. The van der Waals surface area contributed by atoms with Crippen LogP contribution in [0.1, 0.15) is 61.6 Å². The number of hydrogen-bond acceptors (Lipinski definition) is 7. The van der Waals surface area contributed by atoms with Crippen molar-refractivity contribution >= 4 is 51.1 Å². The van der Waals surface area contributed by atoms with Crippen molar-refractivity contribution in [1.29, 1.82) is 0 Å². The Bertz CT molecular complexity index is 1330. The van der Waals surface area contributed by atoms with Crippen LogP contribution in [-0.4, -0.2) is 35.0 Å². The number of carbonyl (C=O) groups excluding carboxylic acids is 3. The molecule has 0 saturated carbocycles. The zero-order valence-corrected chi connectivity index (χ0v) is 22.6. The molecule has 0 fully saturated rings. The minimum Gasteiger partial charge on any atom is -0.508 e. The van der Waals surface area contributed by atoms with Gasteiger partial charge in [-0.2, -0.15) is 0 Å². The van der Waals surface area contributed by atoms with E-state index in [1.807, 2.05) is 20.8 Å². The monoisotopic (exact) mass is 571 g/mol. The molecule has 0 aliphatic rings. The van der Waals surface area contributed by atoms with Crippen LogP contribution in [-0.2, 0) is 16.1 Å². The molecule has 2 amide bonds. The molecule has 0 bridgehead atoms. The van der Waals surface area contributed by atoms with Crippen LogP contribution in [0.2, 0.25) is 0 Å². The zero-order valence-electron chi connectivity index (χ0n) is 20.2. The van der Waals surface area contributed by atoms with E-state index in [-0.39, 0.29) is 35.4 Å². The molecular weight excluding hydrogens is 546 g/mol. The average molecular weight is 572 g/mol. The van der Waals surface area contributed by atoms with Gasteiger partial charge in [-0.05, 0) is 70.7 Å². The van der Waals surface area contributed by atoms with E-state index >= 15 is 0 Å². The lowest BCUT2D eigenvalue weighted by Crippen LogP contribution is -2.28. The molecule has 0 radical (unpaired) electrons. The molecule has 0 atom stereocenters. The van der Waals surface area contributed by atoms with Crippen LogP contribution in [0.4, 0.5) is 0 Å². The third-order valence-corrected chi connectivity index (χ3v) is 6.69. The fourth-order valence-corrected chi connectivity index (χ4v) is 4.93. The maximum atomic E-state index is 13.0. The van der Waals surface area contributed by atoms with Crippen molar-refractivity contribution in [3.05, 3.63) is 84.9 Å². The summed E-state index contributed by atoms with van der Waals surface area (Å²) in [5, 5.41) is 15.8. The highest BCUT2D eigenvalue weighted by molar-refractivity contribution is 9.10. The van der Waals surface area contributed by atoms with E-state index in [0.717, 1.165) is 21.1 Å². The first-order valence-electron chi connectivity index (χ1n) is 11.0. The first kappa shape index (κ1) is 27.1. The second kappa shape index (κ2) is 12.0. The molecule has 1 heterocycles. The van der Waals surface area contributed by atoms with Crippen LogP contribution in [0.3, 0.4) is 0 Å². The van der Waals surface area contributed by atoms with Gasteiger partial charge in [0.1, 0.15) is 11.4 Å². The fourth-order valence-electron chi connectivity index (χ4n) is 3.34. The number of carbonyl (C=O) groups is 3. The number of methoxy groups -OCH3 is 1. The lowest BCUT2D eigenvalue weighted by atomic mass is 10.1. The number of phenols is 1. The summed E-state index contributed by atoms with van der Waals surface area (Å²) in [4.78, 5) is 43.3. The number of nitrogens with one attached hydrogen (secondary N) is 2. The predicted octanol–water partition coefficient (Wildman–Crippen LogP) is 4.92. The van der Waals surface area contributed by atoms with Crippen LogP contribution in [0.5, 0.6) is 5.75 Å². The van der Waals surface area contributed by atoms with Crippen molar-refractivity contribution in [3.8, 4) is 5.75 Å². The van der Waals surface area contributed by atoms with Crippen LogP contribution in [0, 0.1) is 6.92 Å². The summed E-state index contributed by atoms with van der Waals surface area (Å²) < 4.78 is 5.24. The largest absolute Gasteiger partial charge is 0.508 e. The molecule has 2 aromatic carbocycles. The van der Waals surface area contributed by atoms with Gasteiger partial charge in [0.25, 0.3) is 11.8 Å². The van der Waals surface area contributed by atoms with Crippen LogP contribution < -0.4 is 10.6 Å². The molecule has 3 rings (SSSR count). The van der Waals surface area contributed by atoms with Gasteiger partial charge in [-0.15, -0.1) is 11.3 Å². The lowest BCUT2D eigenvalue weighted by Gasteiger charge is -2.11. The number of thiazole rings is 1. The minimum absolute atomic E-state index is 0.0205. The van der Waals surface area contributed by atoms with Crippen molar-refractivity contribution in [2.24, 2.45) is 0 Å². The molecular formula is C26H26BrN3O5S. The number of nitrogens with zero attached hydrogens (tertiary/aromatic N) is 1. The summed E-state index contributed by atoms with van der Waals surface area (Å²) in [6, 6.07) is 11.1. The standard InChI is InChI=1S/C26H26BrN3O5S/c1-14(2)23-22(36-15(3)29-23)12-21(26(34)35-4)30-25(33)19-9-8-17(11-20(19)27)24(32)28-13-16-6-5-7-18(31)10-16/h5-12,14,31H,13H2,1-4H3,(H,28,32)(H,30,33)/b21-12-. The molecule has 3 aromatic rings. The lowest BCUT2D eigenvalue weighted by molar-refractivity contribution is -0.136. The van der Waals surface area contributed by atoms with Crippen molar-refractivity contribution < 1.29 is 24.2 Å². The normalized spacial score (nSPS) is 11.3. The Morgan fingerprint density at radius 2 is 1.92 bits per heavy atom. The summed E-state index contributed by atoms with van der Waals surface area (Å²) in [7, 11) is 1.24. The van der Waals surface area contributed by atoms with E-state index in [4.69, 9.17) is 4.74 Å². The summed E-state index contributed by atoms with van der Waals surface area (Å²) in [5.41, 5.74) is 2.13. The van der Waals surface area contributed by atoms with Gasteiger partial charge in [-0.25, -0.2) is 9.78 Å². The molecule has 8 nitrogen and oxygen atoms in total. The highest BCUT2D eigenvalue weighted by Gasteiger charge is 2.20. The number of ether oxygens (including phenoxy) is 1. The van der Waals surface area contributed by atoms with Crippen LogP contribution in [0.15, 0.2) is 52.6 Å². The number of esters is 1. The summed E-state index contributed by atoms with van der Waals surface area (Å²) in [6.45, 7) is 6.11. The predicted molar refractivity (Wildman–Crippen MR) is 142 cm³/mol. The molecule has 0 aliphatic heterocycles. The Kier molecular flexibility index (Phi) is 9.00. The van der Waals surface area contributed by atoms with E-state index in [2.05, 4.69) is 31.5 Å². The van der Waals surface area contributed by atoms with Gasteiger partial charge >= 0.3 is 5.97 Å². The van der Waals surface area contributed by atoms with E-state index in [0.29, 0.717) is 10.0 Å². The van der Waals surface area contributed by atoms with E-state index < -0.39 is 11.9 Å². The van der Waals surface area contributed by atoms with Crippen molar-refractivity contribution in [2.75, 3.05) is 7.11 Å². The first-order chi connectivity index (χ1) is 17.1. The SMILES string of the molecule is COC(=O)/C(=C/c1sc(C)nc1C(C)C)NC(=O)c1ccc(C(=O)NCc2cccc(O)c2)cc1Br. The van der Waals surface area contributed by atoms with Crippen molar-refractivity contribution in [2.45, 2.75) is 33.2 Å². The van der Waals surface area contributed by atoms with Gasteiger partial charge in [-0.3, -0.25) is 9.59 Å². The molecule has 36 heavy (non-hydrogen) atoms. The van der Waals surface area contributed by atoms with Gasteiger partial charge in [0.2, 0.25) is 0 Å². The topological polar surface area (TPSA) is 118 Å². The van der Waals surface area contributed by atoms with Crippen LogP contribution >= 0.6 is 27.3 Å². The summed E-state index contributed by atoms with van der Waals surface area (Å²) in [6.07, 6.45) is 1.57. The Hall–Kier alpha value is -3.50. The number of rotatable bonds is 8. The number of halogens is 1. The Morgan fingerprint density at radius 1 is 1.17 bits per heavy atom. The molecule has 0 saturated heterocycles. The maximum absolute atomic E-state index is 13.0. The number of aromatic hydroxyl groups is 1. The van der Waals surface area contributed by atoms with E-state index in [9.17, 15) is 19.5 Å². The van der Waals surface area contributed by atoms with Gasteiger partial charge in [-0.1, -0.05) is 26.0 Å². The fraction of sp³-hybridized carbons (Fsp3) is 0.231. The smallest absolute Gasteiger partial charge is 0.354 e. The highest BCUT2D eigenvalue weighted by Crippen LogP contribution is 2.27. The number of phenolic OH excluding ortho intramolecular Hbond substituents is 1. The van der Waals surface area contributed by atoms with Gasteiger partial charge in [0.15, 0.2) is 0 Å². The molecule has 3 N–H and O–H groups in total. The quantitative estimate of drug-likeness (QED) is 0.261. The third-order valence-electron chi connectivity index (χ3n) is 5.10. The van der Waals surface area contributed by atoms with Crippen molar-refractivity contribution in [3.63, 3.8) is 0 Å². The van der Waals surface area contributed by atoms with E-state index in [1.54, 1.807) is 30.3 Å². The molecule has 1 aromatic heterocycles. The number of hydrogen-bond donors (Lipinski definition) is 3. The van der Waals surface area contributed by atoms with Gasteiger partial charge < -0.3 is 20.5 Å². The second-order valence-corrected chi connectivity index (χ2v) is 10.3. The highest BCUT2D eigenvalue weighted by atomic mass is 79.9. The second-order valence-electron chi connectivity index (χ2n) is 8.19.